The maximum Gasteiger partial charge on any atom is 0.248 e. The fourth-order valence-corrected chi connectivity index (χ4v) is 4.46. The van der Waals surface area contributed by atoms with Crippen LogP contribution in [0.2, 0.25) is 0 Å². The molecule has 32 heavy (non-hydrogen) atoms. The smallest absolute Gasteiger partial charge is 0.248 e. The first kappa shape index (κ1) is 21.8. The van der Waals surface area contributed by atoms with Crippen LogP contribution in [0.1, 0.15) is 42.2 Å². The Kier molecular flexibility index (Phi) is 6.12. The number of carbonyl (C=O) groups is 1. The van der Waals surface area contributed by atoms with Gasteiger partial charge in [-0.15, -0.1) is 0 Å². The lowest BCUT2D eigenvalue weighted by Gasteiger charge is -2.14. The summed E-state index contributed by atoms with van der Waals surface area (Å²) in [6.45, 7) is 3.93. The van der Waals surface area contributed by atoms with E-state index in [2.05, 4.69) is 11.4 Å². The third-order valence-corrected chi connectivity index (χ3v) is 6.05. The van der Waals surface area contributed by atoms with Gasteiger partial charge in [0.25, 0.3) is 0 Å². The molecule has 4 rings (SSSR count). The van der Waals surface area contributed by atoms with Gasteiger partial charge in [-0.1, -0.05) is 0 Å². The molecule has 1 aliphatic rings. The zero-order valence-electron chi connectivity index (χ0n) is 19.3. The van der Waals surface area contributed by atoms with Gasteiger partial charge < -0.3 is 23.9 Å². The fraction of sp³-hybridized carbons (Fsp3) is 0.346. The number of furan rings is 1. The Morgan fingerprint density at radius 3 is 2.50 bits per heavy atom. The predicted octanol–water partition coefficient (Wildman–Crippen LogP) is 5.69. The number of allylic oxidation sites excluding steroid dienone is 1. The Bertz CT molecular complexity index is 1200. The van der Waals surface area contributed by atoms with Gasteiger partial charge in [0.15, 0.2) is 11.5 Å². The maximum atomic E-state index is 12.8. The van der Waals surface area contributed by atoms with Crippen molar-refractivity contribution in [2.45, 2.75) is 39.5 Å². The molecule has 1 aliphatic carbocycles. The van der Waals surface area contributed by atoms with E-state index in [0.717, 1.165) is 58.4 Å². The molecule has 0 spiro atoms. The van der Waals surface area contributed by atoms with Crippen LogP contribution in [0.5, 0.6) is 17.2 Å². The van der Waals surface area contributed by atoms with Gasteiger partial charge in [0, 0.05) is 46.3 Å². The van der Waals surface area contributed by atoms with Gasteiger partial charge in [-0.2, -0.15) is 0 Å². The van der Waals surface area contributed by atoms with E-state index in [1.54, 1.807) is 45.6 Å². The quantitative estimate of drug-likeness (QED) is 0.504. The molecule has 0 saturated carbocycles. The molecule has 2 aromatic carbocycles. The van der Waals surface area contributed by atoms with Crippen LogP contribution >= 0.6 is 0 Å². The Morgan fingerprint density at radius 1 is 1.03 bits per heavy atom. The lowest BCUT2D eigenvalue weighted by Crippen LogP contribution is -2.09. The SMILES string of the molecule is COc1ccc(NC(=O)/C=C(\C)c2cc3c4c(oc3c(C)c2OC)CCCC4)cc1OC. The molecule has 0 saturated heterocycles. The lowest BCUT2D eigenvalue weighted by molar-refractivity contribution is -0.111. The number of methoxy groups -OCH3 is 3. The van der Waals surface area contributed by atoms with Crippen molar-refractivity contribution in [2.24, 2.45) is 0 Å². The van der Waals surface area contributed by atoms with E-state index in [1.807, 2.05) is 13.8 Å². The van der Waals surface area contributed by atoms with Gasteiger partial charge in [-0.3, -0.25) is 4.79 Å². The van der Waals surface area contributed by atoms with Gasteiger partial charge in [0.05, 0.1) is 21.3 Å². The number of anilines is 1. The molecular formula is C26H29NO5. The monoisotopic (exact) mass is 435 g/mol. The normalized spacial score (nSPS) is 13.6. The molecule has 0 atom stereocenters. The van der Waals surface area contributed by atoms with Gasteiger partial charge in [-0.05, 0) is 56.9 Å². The molecular weight excluding hydrogens is 406 g/mol. The highest BCUT2D eigenvalue weighted by Gasteiger charge is 2.23. The minimum atomic E-state index is -0.233. The number of hydrogen-bond acceptors (Lipinski definition) is 5. The van der Waals surface area contributed by atoms with Crippen LogP contribution < -0.4 is 19.5 Å². The number of nitrogens with one attached hydrogen (secondary N) is 1. The maximum absolute atomic E-state index is 12.8. The van der Waals surface area contributed by atoms with Crippen molar-refractivity contribution in [1.29, 1.82) is 0 Å². The highest BCUT2D eigenvalue weighted by atomic mass is 16.5. The van der Waals surface area contributed by atoms with Crippen molar-refractivity contribution in [3.05, 3.63) is 52.8 Å². The highest BCUT2D eigenvalue weighted by molar-refractivity contribution is 6.05. The van der Waals surface area contributed by atoms with E-state index >= 15 is 0 Å². The average Bonchev–Trinajstić information content (AvgIpc) is 3.18. The van der Waals surface area contributed by atoms with E-state index in [0.29, 0.717) is 17.2 Å². The molecule has 0 bridgehead atoms. The zero-order valence-corrected chi connectivity index (χ0v) is 19.3. The summed E-state index contributed by atoms with van der Waals surface area (Å²) in [7, 11) is 4.79. The number of fused-ring (bicyclic) bond motifs is 3. The molecule has 6 nitrogen and oxygen atoms in total. The van der Waals surface area contributed by atoms with Crippen LogP contribution in [0.4, 0.5) is 5.69 Å². The van der Waals surface area contributed by atoms with Gasteiger partial charge in [-0.25, -0.2) is 0 Å². The van der Waals surface area contributed by atoms with Crippen molar-refractivity contribution in [1.82, 2.24) is 0 Å². The summed E-state index contributed by atoms with van der Waals surface area (Å²) in [5.41, 5.74) is 5.48. The molecule has 3 aromatic rings. The Morgan fingerprint density at radius 2 is 1.78 bits per heavy atom. The predicted molar refractivity (Wildman–Crippen MR) is 126 cm³/mol. The number of carbonyl (C=O) groups excluding carboxylic acids is 1. The second-order valence-corrected chi connectivity index (χ2v) is 8.06. The first-order valence-corrected chi connectivity index (χ1v) is 10.8. The fourth-order valence-electron chi connectivity index (χ4n) is 4.46. The van der Waals surface area contributed by atoms with E-state index in [9.17, 15) is 4.79 Å². The molecule has 0 unspecified atom stereocenters. The van der Waals surface area contributed by atoms with Crippen LogP contribution in [-0.4, -0.2) is 27.2 Å². The van der Waals surface area contributed by atoms with E-state index < -0.39 is 0 Å². The Balaban J connectivity index is 1.68. The van der Waals surface area contributed by atoms with Gasteiger partial charge in [0.1, 0.15) is 17.1 Å². The van der Waals surface area contributed by atoms with Gasteiger partial charge in [0.2, 0.25) is 5.91 Å². The molecule has 0 aliphatic heterocycles. The number of ether oxygens (including phenoxy) is 3. The molecule has 1 heterocycles. The summed E-state index contributed by atoms with van der Waals surface area (Å²) in [6.07, 6.45) is 5.92. The summed E-state index contributed by atoms with van der Waals surface area (Å²) in [6, 6.07) is 7.36. The van der Waals surface area contributed by atoms with E-state index in [1.165, 1.54) is 12.0 Å². The van der Waals surface area contributed by atoms with E-state index in [4.69, 9.17) is 18.6 Å². The van der Waals surface area contributed by atoms with Crippen molar-refractivity contribution in [2.75, 3.05) is 26.6 Å². The minimum Gasteiger partial charge on any atom is -0.496 e. The lowest BCUT2D eigenvalue weighted by atomic mass is 9.93. The minimum absolute atomic E-state index is 0.233. The summed E-state index contributed by atoms with van der Waals surface area (Å²) in [5, 5.41) is 4.02. The second kappa shape index (κ2) is 8.99. The zero-order chi connectivity index (χ0) is 22.8. The van der Waals surface area contributed by atoms with Gasteiger partial charge >= 0.3 is 0 Å². The third-order valence-electron chi connectivity index (χ3n) is 6.05. The first-order valence-electron chi connectivity index (χ1n) is 10.8. The molecule has 1 N–H and O–H groups in total. The molecule has 0 fully saturated rings. The number of amides is 1. The number of aryl methyl sites for hydroxylation is 3. The van der Waals surface area contributed by atoms with Crippen LogP contribution in [0.25, 0.3) is 16.5 Å². The number of rotatable bonds is 6. The summed E-state index contributed by atoms with van der Waals surface area (Å²) in [4.78, 5) is 12.8. The number of benzene rings is 2. The van der Waals surface area contributed by atoms with Crippen LogP contribution in [0, 0.1) is 6.92 Å². The molecule has 1 amide bonds. The molecule has 168 valence electrons. The molecule has 6 heteroatoms. The largest absolute Gasteiger partial charge is 0.496 e. The Hall–Kier alpha value is -3.41. The molecule has 0 radical (unpaired) electrons. The van der Waals surface area contributed by atoms with Crippen LogP contribution in [0.3, 0.4) is 0 Å². The second-order valence-electron chi connectivity index (χ2n) is 8.06. The van der Waals surface area contributed by atoms with Crippen molar-refractivity contribution < 1.29 is 23.4 Å². The van der Waals surface area contributed by atoms with Crippen molar-refractivity contribution in [3.63, 3.8) is 0 Å². The summed E-state index contributed by atoms with van der Waals surface area (Å²) >= 11 is 0. The van der Waals surface area contributed by atoms with Crippen molar-refractivity contribution in [3.8, 4) is 17.2 Å². The molecule has 1 aromatic heterocycles. The standard InChI is InChI=1S/C26H29NO5/c1-15(12-24(28)27-17-10-11-22(29-3)23(13-17)30-4)19-14-20-18-8-6-7-9-21(18)32-26(20)16(2)25(19)31-5/h10-14H,6-9H2,1-5H3,(H,27,28)/b15-12+. The summed E-state index contributed by atoms with van der Waals surface area (Å²) < 4.78 is 22.5. The summed E-state index contributed by atoms with van der Waals surface area (Å²) in [5.74, 6) is 2.74. The number of hydrogen-bond donors (Lipinski definition) is 1. The first-order chi connectivity index (χ1) is 15.5. The Labute approximate surface area is 188 Å². The van der Waals surface area contributed by atoms with Crippen LogP contribution in [0.15, 0.2) is 34.8 Å². The average molecular weight is 436 g/mol. The van der Waals surface area contributed by atoms with Crippen LogP contribution in [-0.2, 0) is 17.6 Å². The third kappa shape index (κ3) is 3.93. The topological polar surface area (TPSA) is 69.9 Å². The van der Waals surface area contributed by atoms with E-state index in [-0.39, 0.29) is 5.91 Å². The van der Waals surface area contributed by atoms with Crippen molar-refractivity contribution >= 4 is 28.1 Å². The highest BCUT2D eigenvalue weighted by Crippen LogP contribution is 2.41.